The molecule has 0 saturated carbocycles. The molecule has 158 valence electrons. The van der Waals surface area contributed by atoms with E-state index in [-0.39, 0.29) is 0 Å². The van der Waals surface area contributed by atoms with Crippen molar-refractivity contribution in [2.45, 2.75) is 52.5 Å². The van der Waals surface area contributed by atoms with E-state index in [1.165, 1.54) is 50.9 Å². The summed E-state index contributed by atoms with van der Waals surface area (Å²) in [7, 11) is 1.83. The van der Waals surface area contributed by atoms with E-state index in [1.54, 1.807) is 0 Å². The third-order valence-corrected chi connectivity index (χ3v) is 5.74. The van der Waals surface area contributed by atoms with E-state index in [2.05, 4.69) is 46.5 Å². The third kappa shape index (κ3) is 6.07. The van der Waals surface area contributed by atoms with E-state index in [1.807, 2.05) is 29.9 Å². The summed E-state index contributed by atoms with van der Waals surface area (Å²) < 4.78 is 2.02. The smallest absolute Gasteiger partial charge is 0.191 e. The van der Waals surface area contributed by atoms with E-state index in [0.29, 0.717) is 0 Å². The highest BCUT2D eigenvalue weighted by Gasteiger charge is 2.13. The molecule has 1 saturated heterocycles. The van der Waals surface area contributed by atoms with Crippen LogP contribution < -0.4 is 10.6 Å². The zero-order valence-electron chi connectivity index (χ0n) is 18.2. The zero-order chi connectivity index (χ0) is 20.5. The van der Waals surface area contributed by atoms with Crippen molar-refractivity contribution in [1.29, 1.82) is 0 Å². The fraction of sp³-hybridized carbons (Fsp3) is 0.565. The van der Waals surface area contributed by atoms with Gasteiger partial charge in [0, 0.05) is 31.4 Å². The number of aryl methyl sites for hydroxylation is 1. The molecule has 0 spiro atoms. The van der Waals surface area contributed by atoms with E-state index in [4.69, 9.17) is 5.10 Å². The molecule has 2 N–H and O–H groups in total. The highest BCUT2D eigenvalue weighted by molar-refractivity contribution is 5.79. The molecule has 1 aliphatic heterocycles. The van der Waals surface area contributed by atoms with Crippen molar-refractivity contribution in [2.24, 2.45) is 4.99 Å². The molecule has 3 rings (SSSR count). The number of aromatic nitrogens is 2. The summed E-state index contributed by atoms with van der Waals surface area (Å²) in [4.78, 5) is 6.99. The number of likely N-dealkylation sites (tertiary alicyclic amines) is 1. The van der Waals surface area contributed by atoms with Gasteiger partial charge in [-0.1, -0.05) is 31.0 Å². The van der Waals surface area contributed by atoms with E-state index < -0.39 is 0 Å². The Balaban J connectivity index is 1.47. The molecule has 1 aromatic carbocycles. The quantitative estimate of drug-likeness (QED) is 0.428. The van der Waals surface area contributed by atoms with Crippen LogP contribution in [0.15, 0.2) is 35.3 Å². The highest BCUT2D eigenvalue weighted by atomic mass is 15.3. The number of nitrogens with zero attached hydrogens (tertiary/aromatic N) is 4. The molecule has 0 unspecified atom stereocenters. The summed E-state index contributed by atoms with van der Waals surface area (Å²) in [6, 6.07) is 10.3. The maximum absolute atomic E-state index is 4.73. The van der Waals surface area contributed by atoms with Gasteiger partial charge in [-0.05, 0) is 64.9 Å². The number of hydrogen-bond acceptors (Lipinski definition) is 3. The molecule has 0 radical (unpaired) electrons. The van der Waals surface area contributed by atoms with Gasteiger partial charge in [0.05, 0.1) is 11.4 Å². The van der Waals surface area contributed by atoms with Crippen molar-refractivity contribution in [2.75, 3.05) is 33.2 Å². The lowest BCUT2D eigenvalue weighted by Gasteiger charge is -2.20. The van der Waals surface area contributed by atoms with E-state index in [0.717, 1.165) is 42.5 Å². The van der Waals surface area contributed by atoms with Crippen molar-refractivity contribution < 1.29 is 0 Å². The SMILES string of the molecule is CN=C(NCCCN1CCCCCC1)NCc1c(C)nn(-c2ccccc2)c1C. The van der Waals surface area contributed by atoms with Gasteiger partial charge in [0.1, 0.15) is 0 Å². The van der Waals surface area contributed by atoms with Crippen LogP contribution in [-0.4, -0.2) is 53.9 Å². The van der Waals surface area contributed by atoms with Gasteiger partial charge in [-0.25, -0.2) is 4.68 Å². The molecule has 6 nitrogen and oxygen atoms in total. The average Bonchev–Trinajstić information content (AvgIpc) is 2.91. The van der Waals surface area contributed by atoms with Crippen LogP contribution in [0, 0.1) is 13.8 Å². The summed E-state index contributed by atoms with van der Waals surface area (Å²) in [6.07, 6.45) is 6.64. The van der Waals surface area contributed by atoms with Gasteiger partial charge in [-0.3, -0.25) is 4.99 Å². The largest absolute Gasteiger partial charge is 0.356 e. The van der Waals surface area contributed by atoms with Crippen LogP contribution in [0.5, 0.6) is 0 Å². The minimum absolute atomic E-state index is 0.719. The molecule has 0 amide bonds. The second kappa shape index (κ2) is 11.0. The topological polar surface area (TPSA) is 57.5 Å². The number of para-hydroxylation sites is 1. The van der Waals surface area contributed by atoms with Crippen LogP contribution in [0.2, 0.25) is 0 Å². The normalized spacial score (nSPS) is 15.9. The van der Waals surface area contributed by atoms with Crippen molar-refractivity contribution in [1.82, 2.24) is 25.3 Å². The Kier molecular flexibility index (Phi) is 8.11. The van der Waals surface area contributed by atoms with E-state index in [9.17, 15) is 0 Å². The fourth-order valence-corrected chi connectivity index (χ4v) is 4.01. The fourth-order valence-electron chi connectivity index (χ4n) is 4.01. The summed E-state index contributed by atoms with van der Waals surface area (Å²) in [5, 5.41) is 11.6. The number of rotatable bonds is 7. The molecule has 6 heteroatoms. The van der Waals surface area contributed by atoms with Crippen LogP contribution in [-0.2, 0) is 6.54 Å². The zero-order valence-corrected chi connectivity index (χ0v) is 18.2. The van der Waals surface area contributed by atoms with Crippen molar-refractivity contribution >= 4 is 5.96 Å². The van der Waals surface area contributed by atoms with Crippen LogP contribution in [0.25, 0.3) is 5.69 Å². The van der Waals surface area contributed by atoms with Gasteiger partial charge in [0.2, 0.25) is 0 Å². The Bertz CT molecular complexity index is 772. The highest BCUT2D eigenvalue weighted by Crippen LogP contribution is 2.17. The van der Waals surface area contributed by atoms with Gasteiger partial charge in [0.15, 0.2) is 5.96 Å². The molecule has 0 bridgehead atoms. The van der Waals surface area contributed by atoms with Crippen LogP contribution in [0.3, 0.4) is 0 Å². The Labute approximate surface area is 175 Å². The van der Waals surface area contributed by atoms with Gasteiger partial charge in [-0.2, -0.15) is 5.10 Å². The monoisotopic (exact) mass is 396 g/mol. The molecule has 29 heavy (non-hydrogen) atoms. The number of aliphatic imine (C=N–C) groups is 1. The standard InChI is InChI=1S/C23H36N6/c1-19-22(20(2)29(27-19)21-12-7-6-8-13-21)18-26-23(24-3)25-14-11-17-28-15-9-4-5-10-16-28/h6-8,12-13H,4-5,9-11,14-18H2,1-3H3,(H2,24,25,26). The van der Waals surface area contributed by atoms with Crippen molar-refractivity contribution in [3.63, 3.8) is 0 Å². The Morgan fingerprint density at radius 1 is 1.03 bits per heavy atom. The first-order valence-corrected chi connectivity index (χ1v) is 11.0. The van der Waals surface area contributed by atoms with E-state index >= 15 is 0 Å². The van der Waals surface area contributed by atoms with Crippen molar-refractivity contribution in [3.8, 4) is 5.69 Å². The van der Waals surface area contributed by atoms with Gasteiger partial charge in [0.25, 0.3) is 0 Å². The molecule has 1 aromatic heterocycles. The average molecular weight is 397 g/mol. The molecule has 2 aromatic rings. The molecule has 0 atom stereocenters. The van der Waals surface area contributed by atoms with Crippen LogP contribution >= 0.6 is 0 Å². The minimum Gasteiger partial charge on any atom is -0.356 e. The summed E-state index contributed by atoms with van der Waals surface area (Å²) in [6.45, 7) is 9.55. The third-order valence-electron chi connectivity index (χ3n) is 5.74. The second-order valence-corrected chi connectivity index (χ2v) is 7.86. The van der Waals surface area contributed by atoms with Gasteiger partial charge >= 0.3 is 0 Å². The lowest BCUT2D eigenvalue weighted by molar-refractivity contribution is 0.282. The molecule has 0 aliphatic carbocycles. The Morgan fingerprint density at radius 2 is 1.76 bits per heavy atom. The molecular formula is C23H36N6. The summed E-state index contributed by atoms with van der Waals surface area (Å²) in [5.74, 6) is 0.854. The lowest BCUT2D eigenvalue weighted by atomic mass is 10.2. The summed E-state index contributed by atoms with van der Waals surface area (Å²) in [5.41, 5.74) is 4.53. The minimum atomic E-state index is 0.719. The Hall–Kier alpha value is -2.34. The molecular weight excluding hydrogens is 360 g/mol. The predicted molar refractivity (Wildman–Crippen MR) is 121 cm³/mol. The number of guanidine groups is 1. The Morgan fingerprint density at radius 3 is 2.45 bits per heavy atom. The summed E-state index contributed by atoms with van der Waals surface area (Å²) >= 11 is 0. The molecule has 1 fully saturated rings. The molecule has 2 heterocycles. The van der Waals surface area contributed by atoms with Gasteiger partial charge in [-0.15, -0.1) is 0 Å². The van der Waals surface area contributed by atoms with Gasteiger partial charge < -0.3 is 15.5 Å². The first kappa shape index (κ1) is 21.4. The number of benzene rings is 1. The first-order chi connectivity index (χ1) is 14.2. The lowest BCUT2D eigenvalue weighted by Crippen LogP contribution is -2.38. The maximum atomic E-state index is 4.73. The second-order valence-electron chi connectivity index (χ2n) is 7.86. The van der Waals surface area contributed by atoms with Crippen molar-refractivity contribution in [3.05, 3.63) is 47.3 Å². The maximum Gasteiger partial charge on any atom is 0.191 e. The molecule has 1 aliphatic rings. The van der Waals surface area contributed by atoms with Crippen LogP contribution in [0.1, 0.15) is 49.1 Å². The number of hydrogen-bond donors (Lipinski definition) is 2. The van der Waals surface area contributed by atoms with Crippen LogP contribution in [0.4, 0.5) is 0 Å². The predicted octanol–water partition coefficient (Wildman–Crippen LogP) is 3.42. The number of nitrogens with one attached hydrogen (secondary N) is 2. The first-order valence-electron chi connectivity index (χ1n) is 11.0.